The fraction of sp³-hybridized carbons (Fsp3) is 0.389. The first kappa shape index (κ1) is 18.6. The van der Waals surface area contributed by atoms with Crippen LogP contribution in [0.4, 0.5) is 17.6 Å². The molecule has 1 fully saturated rings. The van der Waals surface area contributed by atoms with E-state index < -0.39 is 5.97 Å². The molecule has 0 aliphatic carbocycles. The number of nitrogens with one attached hydrogen (secondary N) is 1. The predicted molar refractivity (Wildman–Crippen MR) is 98.8 cm³/mol. The third-order valence-electron chi connectivity index (χ3n) is 4.08. The summed E-state index contributed by atoms with van der Waals surface area (Å²) in [4.78, 5) is 37.8. The Morgan fingerprint density at radius 3 is 2.78 bits per heavy atom. The molecule has 0 atom stereocenters. The van der Waals surface area contributed by atoms with E-state index in [9.17, 15) is 9.59 Å². The minimum absolute atomic E-state index is 0.0109. The van der Waals surface area contributed by atoms with Crippen LogP contribution in [0.1, 0.15) is 31.5 Å². The van der Waals surface area contributed by atoms with Gasteiger partial charge in [-0.05, 0) is 25.0 Å². The van der Waals surface area contributed by atoms with Crippen LogP contribution >= 0.6 is 0 Å². The topological polar surface area (TPSA) is 123 Å². The Hall–Kier alpha value is -3.23. The highest BCUT2D eigenvalue weighted by Gasteiger charge is 2.20. The molecule has 1 aromatic carbocycles. The molecule has 2 heterocycles. The molecule has 3 N–H and O–H groups in total. The Kier molecular flexibility index (Phi) is 6.14. The molecule has 0 unspecified atom stereocenters. The number of likely N-dealkylation sites (tertiary alicyclic amines) is 1. The average Bonchev–Trinajstić information content (AvgIpc) is 2.85. The molecule has 0 bridgehead atoms. The van der Waals surface area contributed by atoms with Crippen molar-refractivity contribution < 1.29 is 14.3 Å². The second kappa shape index (κ2) is 8.93. The number of hydrogen-bond donors (Lipinski definition) is 2. The normalized spacial score (nSPS) is 14.5. The van der Waals surface area contributed by atoms with Crippen LogP contribution in [0, 0.1) is 0 Å². The molecule has 1 aliphatic rings. The zero-order valence-electron chi connectivity index (χ0n) is 14.9. The minimum Gasteiger partial charge on any atom is -0.456 e. The standard InChI is InChI=1S/C18H22N6O3/c19-17-21-14(22-18(23-17)20-13-7-3-1-4-8-13)12-27-16(26)11-24-10-6-2-5-9-15(24)25/h1,3-4,7-8H,2,5-6,9-12H2,(H3,19,20,21,22,23). The van der Waals surface area contributed by atoms with Crippen LogP contribution in [0.5, 0.6) is 0 Å². The summed E-state index contributed by atoms with van der Waals surface area (Å²) in [6, 6.07) is 9.36. The number of amides is 1. The van der Waals surface area contributed by atoms with Crippen LogP contribution in [-0.2, 0) is 20.9 Å². The lowest BCUT2D eigenvalue weighted by atomic mass is 10.2. The third-order valence-corrected chi connectivity index (χ3v) is 4.08. The maximum atomic E-state index is 12.1. The monoisotopic (exact) mass is 370 g/mol. The van der Waals surface area contributed by atoms with Crippen molar-refractivity contribution in [3.63, 3.8) is 0 Å². The van der Waals surface area contributed by atoms with E-state index in [4.69, 9.17) is 10.5 Å². The molecule has 1 amide bonds. The number of rotatable bonds is 6. The number of hydrogen-bond acceptors (Lipinski definition) is 8. The van der Waals surface area contributed by atoms with Crippen molar-refractivity contribution in [2.45, 2.75) is 32.3 Å². The van der Waals surface area contributed by atoms with Gasteiger partial charge in [-0.15, -0.1) is 0 Å². The highest BCUT2D eigenvalue weighted by molar-refractivity contribution is 5.82. The summed E-state index contributed by atoms with van der Waals surface area (Å²) in [6.07, 6.45) is 3.24. The Morgan fingerprint density at radius 2 is 1.96 bits per heavy atom. The average molecular weight is 370 g/mol. The fourth-order valence-electron chi connectivity index (χ4n) is 2.76. The molecule has 9 nitrogen and oxygen atoms in total. The van der Waals surface area contributed by atoms with Gasteiger partial charge in [0.05, 0.1) is 0 Å². The van der Waals surface area contributed by atoms with Gasteiger partial charge in [-0.25, -0.2) is 0 Å². The van der Waals surface area contributed by atoms with E-state index in [2.05, 4.69) is 20.3 Å². The van der Waals surface area contributed by atoms with Crippen molar-refractivity contribution in [3.05, 3.63) is 36.2 Å². The van der Waals surface area contributed by atoms with Gasteiger partial charge in [0.25, 0.3) is 0 Å². The first-order valence-electron chi connectivity index (χ1n) is 8.86. The van der Waals surface area contributed by atoms with Gasteiger partial charge in [0.2, 0.25) is 17.8 Å². The minimum atomic E-state index is -0.498. The summed E-state index contributed by atoms with van der Waals surface area (Å²) in [7, 11) is 0. The van der Waals surface area contributed by atoms with E-state index in [1.807, 2.05) is 30.3 Å². The van der Waals surface area contributed by atoms with Crippen molar-refractivity contribution in [1.82, 2.24) is 19.9 Å². The summed E-state index contributed by atoms with van der Waals surface area (Å²) in [5.41, 5.74) is 6.51. The van der Waals surface area contributed by atoms with Gasteiger partial charge in [0.1, 0.15) is 6.54 Å². The maximum absolute atomic E-state index is 12.1. The Balaban J connectivity index is 1.57. The molecule has 3 rings (SSSR count). The van der Waals surface area contributed by atoms with Crippen molar-refractivity contribution in [2.24, 2.45) is 0 Å². The number of ether oxygens (including phenoxy) is 1. The third kappa shape index (κ3) is 5.63. The molecule has 2 aromatic rings. The molecular weight excluding hydrogens is 348 g/mol. The summed E-state index contributed by atoms with van der Waals surface area (Å²) < 4.78 is 5.21. The van der Waals surface area contributed by atoms with E-state index in [1.165, 1.54) is 0 Å². The first-order valence-corrected chi connectivity index (χ1v) is 8.86. The molecule has 1 aliphatic heterocycles. The smallest absolute Gasteiger partial charge is 0.326 e. The van der Waals surface area contributed by atoms with Crippen LogP contribution in [-0.4, -0.2) is 44.8 Å². The van der Waals surface area contributed by atoms with Crippen molar-refractivity contribution in [3.8, 4) is 0 Å². The Labute approximate surface area is 157 Å². The number of nitrogens with two attached hydrogens (primary N) is 1. The molecule has 0 radical (unpaired) electrons. The fourth-order valence-corrected chi connectivity index (χ4v) is 2.76. The molecule has 1 saturated heterocycles. The van der Waals surface area contributed by atoms with E-state index in [0.29, 0.717) is 13.0 Å². The number of anilines is 3. The lowest BCUT2D eigenvalue weighted by Crippen LogP contribution is -2.36. The Bertz CT molecular complexity index is 799. The van der Waals surface area contributed by atoms with Crippen molar-refractivity contribution >= 4 is 29.5 Å². The predicted octanol–water partition coefficient (Wildman–Crippen LogP) is 1.64. The number of nitrogens with zero attached hydrogens (tertiary/aromatic N) is 4. The van der Waals surface area contributed by atoms with Crippen LogP contribution in [0.15, 0.2) is 30.3 Å². The molecular formula is C18H22N6O3. The molecule has 1 aromatic heterocycles. The van der Waals surface area contributed by atoms with E-state index >= 15 is 0 Å². The summed E-state index contributed by atoms with van der Waals surface area (Å²) in [5.74, 6) is 0.0149. The molecule has 27 heavy (non-hydrogen) atoms. The maximum Gasteiger partial charge on any atom is 0.326 e. The van der Waals surface area contributed by atoms with Gasteiger partial charge in [-0.3, -0.25) is 9.59 Å². The number of nitrogen functional groups attached to an aromatic ring is 1. The zero-order chi connectivity index (χ0) is 19.1. The molecule has 0 spiro atoms. The number of para-hydroxylation sites is 1. The number of carbonyl (C=O) groups excluding carboxylic acids is 2. The lowest BCUT2D eigenvalue weighted by Gasteiger charge is -2.19. The van der Waals surface area contributed by atoms with Gasteiger partial charge in [0, 0.05) is 18.7 Å². The second-order valence-electron chi connectivity index (χ2n) is 6.21. The van der Waals surface area contributed by atoms with E-state index in [-0.39, 0.29) is 36.8 Å². The summed E-state index contributed by atoms with van der Waals surface area (Å²) in [5, 5.41) is 3.02. The molecule has 142 valence electrons. The van der Waals surface area contributed by atoms with E-state index in [0.717, 1.165) is 24.9 Å². The van der Waals surface area contributed by atoms with Crippen LogP contribution in [0.2, 0.25) is 0 Å². The van der Waals surface area contributed by atoms with Crippen LogP contribution in [0.3, 0.4) is 0 Å². The highest BCUT2D eigenvalue weighted by atomic mass is 16.5. The van der Waals surface area contributed by atoms with Gasteiger partial charge in [-0.2, -0.15) is 15.0 Å². The van der Waals surface area contributed by atoms with Crippen LogP contribution < -0.4 is 11.1 Å². The van der Waals surface area contributed by atoms with Gasteiger partial charge < -0.3 is 20.7 Å². The lowest BCUT2D eigenvalue weighted by molar-refractivity contribution is -0.150. The van der Waals surface area contributed by atoms with Crippen molar-refractivity contribution in [1.29, 1.82) is 0 Å². The first-order chi connectivity index (χ1) is 13.1. The number of esters is 1. The van der Waals surface area contributed by atoms with Gasteiger partial charge in [0.15, 0.2) is 12.4 Å². The SMILES string of the molecule is Nc1nc(COC(=O)CN2CCCCCC2=O)nc(Nc2ccccc2)n1. The number of carbonyl (C=O) groups is 2. The molecule has 9 heteroatoms. The highest BCUT2D eigenvalue weighted by Crippen LogP contribution is 2.13. The van der Waals surface area contributed by atoms with Gasteiger partial charge in [-0.1, -0.05) is 24.6 Å². The number of aromatic nitrogens is 3. The largest absolute Gasteiger partial charge is 0.456 e. The van der Waals surface area contributed by atoms with Gasteiger partial charge >= 0.3 is 5.97 Å². The summed E-state index contributed by atoms with van der Waals surface area (Å²) >= 11 is 0. The molecule has 0 saturated carbocycles. The summed E-state index contributed by atoms with van der Waals surface area (Å²) in [6.45, 7) is 0.378. The second-order valence-corrected chi connectivity index (χ2v) is 6.21. The zero-order valence-corrected chi connectivity index (χ0v) is 14.9. The number of benzene rings is 1. The van der Waals surface area contributed by atoms with E-state index in [1.54, 1.807) is 4.90 Å². The Morgan fingerprint density at radius 1 is 1.15 bits per heavy atom. The van der Waals surface area contributed by atoms with Crippen LogP contribution in [0.25, 0.3) is 0 Å². The quantitative estimate of drug-likeness (QED) is 0.736. The van der Waals surface area contributed by atoms with Crippen molar-refractivity contribution in [2.75, 3.05) is 24.1 Å².